The smallest absolute Gasteiger partial charge is 0.268 e. The van der Waals surface area contributed by atoms with Crippen LogP contribution in [-0.2, 0) is 0 Å². The van der Waals surface area contributed by atoms with E-state index >= 15 is 0 Å². The number of fused-ring (bicyclic) bond motifs is 1. The van der Waals surface area contributed by atoms with Gasteiger partial charge in [0.1, 0.15) is 17.0 Å². The summed E-state index contributed by atoms with van der Waals surface area (Å²) in [4.78, 5) is 18.3. The van der Waals surface area contributed by atoms with Gasteiger partial charge in [-0.1, -0.05) is 29.8 Å². The third-order valence-electron chi connectivity index (χ3n) is 4.79. The zero-order valence-electron chi connectivity index (χ0n) is 15.5. The van der Waals surface area contributed by atoms with Gasteiger partial charge in [0.25, 0.3) is 5.56 Å². The van der Waals surface area contributed by atoms with E-state index in [-0.39, 0.29) is 11.4 Å². The lowest BCUT2D eigenvalue weighted by Crippen LogP contribution is -2.22. The summed E-state index contributed by atoms with van der Waals surface area (Å²) in [7, 11) is 0. The van der Waals surface area contributed by atoms with E-state index in [1.165, 1.54) is 22.9 Å². The minimum atomic E-state index is -0.384. The Hall–Kier alpha value is -3.77. The zero-order chi connectivity index (χ0) is 20.7. The highest BCUT2D eigenvalue weighted by Gasteiger charge is 2.18. The van der Waals surface area contributed by atoms with E-state index in [2.05, 4.69) is 5.10 Å². The summed E-state index contributed by atoms with van der Waals surface area (Å²) in [5.41, 5.74) is 2.14. The monoisotopic (exact) mass is 416 g/mol. The van der Waals surface area contributed by atoms with Gasteiger partial charge in [0.05, 0.1) is 17.6 Å². The number of aromatic nitrogens is 4. The molecular weight excluding hydrogens is 403 g/mol. The minimum Gasteiger partial charge on any atom is -0.268 e. The number of hydrogen-bond acceptors (Lipinski definition) is 3. The van der Waals surface area contributed by atoms with E-state index in [0.29, 0.717) is 33.1 Å². The molecule has 5 rings (SSSR count). The highest BCUT2D eigenvalue weighted by molar-refractivity contribution is 6.30. The maximum Gasteiger partial charge on any atom is 0.269 e. The molecular formula is C23H14ClFN4O. The van der Waals surface area contributed by atoms with Crippen molar-refractivity contribution >= 4 is 22.6 Å². The molecule has 0 saturated carbocycles. The molecule has 0 aliphatic carbocycles. The molecule has 0 fully saturated rings. The summed E-state index contributed by atoms with van der Waals surface area (Å²) in [6.07, 6.45) is 1.50. The number of nitrogens with zero attached hydrogens (tertiary/aromatic N) is 4. The van der Waals surface area contributed by atoms with Crippen LogP contribution in [0.3, 0.4) is 0 Å². The van der Waals surface area contributed by atoms with E-state index in [4.69, 9.17) is 16.6 Å². The fourth-order valence-corrected chi connectivity index (χ4v) is 3.47. The second kappa shape index (κ2) is 7.24. The van der Waals surface area contributed by atoms with E-state index in [1.807, 2.05) is 30.3 Å². The molecule has 0 saturated heterocycles. The van der Waals surface area contributed by atoms with Crippen molar-refractivity contribution in [2.75, 3.05) is 0 Å². The van der Waals surface area contributed by atoms with Crippen molar-refractivity contribution in [3.8, 4) is 22.8 Å². The van der Waals surface area contributed by atoms with E-state index < -0.39 is 0 Å². The summed E-state index contributed by atoms with van der Waals surface area (Å²) in [6.45, 7) is 0. The van der Waals surface area contributed by atoms with Crippen molar-refractivity contribution in [1.82, 2.24) is 19.3 Å². The van der Waals surface area contributed by atoms with Gasteiger partial charge < -0.3 is 0 Å². The lowest BCUT2D eigenvalue weighted by Gasteiger charge is -2.13. The van der Waals surface area contributed by atoms with E-state index in [9.17, 15) is 9.18 Å². The molecule has 0 unspecified atom stereocenters. The lowest BCUT2D eigenvalue weighted by molar-refractivity contribution is 0.627. The molecule has 30 heavy (non-hydrogen) atoms. The molecule has 146 valence electrons. The largest absolute Gasteiger partial charge is 0.269 e. The van der Waals surface area contributed by atoms with Crippen LogP contribution in [0.2, 0.25) is 5.02 Å². The molecule has 5 aromatic rings. The van der Waals surface area contributed by atoms with Crippen molar-refractivity contribution in [2.45, 2.75) is 0 Å². The maximum atomic E-state index is 13.5. The van der Waals surface area contributed by atoms with Crippen molar-refractivity contribution in [3.63, 3.8) is 0 Å². The summed E-state index contributed by atoms with van der Waals surface area (Å²) < 4.78 is 16.6. The highest BCUT2D eigenvalue weighted by atomic mass is 35.5. The van der Waals surface area contributed by atoms with E-state index in [0.717, 1.165) is 5.69 Å². The van der Waals surface area contributed by atoms with Crippen molar-refractivity contribution < 1.29 is 4.39 Å². The molecule has 0 atom stereocenters. The molecule has 0 spiro atoms. The Morgan fingerprint density at radius 3 is 2.23 bits per heavy atom. The topological polar surface area (TPSA) is 52.7 Å². The summed E-state index contributed by atoms with van der Waals surface area (Å²) in [6, 6.07) is 22.2. The van der Waals surface area contributed by atoms with Crippen LogP contribution in [0.1, 0.15) is 0 Å². The van der Waals surface area contributed by atoms with Crippen LogP contribution >= 0.6 is 11.6 Å². The first-order chi connectivity index (χ1) is 14.6. The van der Waals surface area contributed by atoms with Crippen LogP contribution in [0.25, 0.3) is 33.8 Å². The van der Waals surface area contributed by atoms with Gasteiger partial charge in [-0.25, -0.2) is 14.1 Å². The summed E-state index contributed by atoms with van der Waals surface area (Å²) in [5, 5.41) is 5.32. The minimum absolute atomic E-state index is 0.293. The van der Waals surface area contributed by atoms with Crippen LogP contribution in [0.15, 0.2) is 89.9 Å². The first-order valence-electron chi connectivity index (χ1n) is 9.20. The Morgan fingerprint density at radius 2 is 1.53 bits per heavy atom. The zero-order valence-corrected chi connectivity index (χ0v) is 16.3. The molecule has 0 aliphatic heterocycles. The predicted molar refractivity (Wildman–Crippen MR) is 115 cm³/mol. The third-order valence-corrected chi connectivity index (χ3v) is 5.04. The number of para-hydroxylation sites is 1. The third kappa shape index (κ3) is 3.07. The van der Waals surface area contributed by atoms with Crippen molar-refractivity contribution in [1.29, 1.82) is 0 Å². The van der Waals surface area contributed by atoms with Gasteiger partial charge in [-0.05, 0) is 60.7 Å². The second-order valence-electron chi connectivity index (χ2n) is 6.69. The van der Waals surface area contributed by atoms with Gasteiger partial charge in [-0.3, -0.25) is 9.36 Å². The van der Waals surface area contributed by atoms with Crippen LogP contribution in [0, 0.1) is 5.82 Å². The molecule has 0 radical (unpaired) electrons. The molecule has 7 heteroatoms. The molecule has 0 aliphatic rings. The number of rotatable bonds is 3. The number of hydrogen-bond donors (Lipinski definition) is 0. The molecule has 5 nitrogen and oxygen atoms in total. The second-order valence-corrected chi connectivity index (χ2v) is 7.12. The Balaban J connectivity index is 1.85. The molecule has 0 N–H and O–H groups in total. The van der Waals surface area contributed by atoms with Gasteiger partial charge in [-0.2, -0.15) is 5.10 Å². The standard InChI is InChI=1S/C23H14ClFN4O/c24-16-8-6-15(7-9-16)21-27-22-20(14-26-29(22)19-4-2-1-3-5-19)23(30)28(21)18-12-10-17(25)11-13-18/h1-14H. The average Bonchev–Trinajstić information content (AvgIpc) is 3.20. The maximum absolute atomic E-state index is 13.5. The van der Waals surface area contributed by atoms with E-state index in [1.54, 1.807) is 41.1 Å². The van der Waals surface area contributed by atoms with Crippen LogP contribution in [0.5, 0.6) is 0 Å². The predicted octanol–water partition coefficient (Wildman–Crippen LogP) is 5.03. The Morgan fingerprint density at radius 1 is 0.833 bits per heavy atom. The fraction of sp³-hybridized carbons (Fsp3) is 0. The molecule has 2 aromatic heterocycles. The van der Waals surface area contributed by atoms with Crippen LogP contribution in [0.4, 0.5) is 4.39 Å². The molecule has 0 amide bonds. The normalized spacial score (nSPS) is 11.1. The van der Waals surface area contributed by atoms with Crippen LogP contribution < -0.4 is 5.56 Å². The van der Waals surface area contributed by atoms with Gasteiger partial charge >= 0.3 is 0 Å². The first kappa shape index (κ1) is 18.3. The average molecular weight is 417 g/mol. The Bertz CT molecular complexity index is 1410. The lowest BCUT2D eigenvalue weighted by atomic mass is 10.2. The van der Waals surface area contributed by atoms with Crippen LogP contribution in [-0.4, -0.2) is 19.3 Å². The highest BCUT2D eigenvalue weighted by Crippen LogP contribution is 2.25. The fourth-order valence-electron chi connectivity index (χ4n) is 3.35. The first-order valence-corrected chi connectivity index (χ1v) is 9.58. The van der Waals surface area contributed by atoms with Crippen molar-refractivity contribution in [2.24, 2.45) is 0 Å². The van der Waals surface area contributed by atoms with Gasteiger partial charge in [0.2, 0.25) is 0 Å². The summed E-state index contributed by atoms with van der Waals surface area (Å²) in [5.74, 6) is 0.0271. The van der Waals surface area contributed by atoms with Crippen molar-refractivity contribution in [3.05, 3.63) is 106 Å². The molecule has 3 aromatic carbocycles. The van der Waals surface area contributed by atoms with Gasteiger partial charge in [0.15, 0.2) is 5.65 Å². The summed E-state index contributed by atoms with van der Waals surface area (Å²) >= 11 is 6.04. The molecule has 2 heterocycles. The Labute approximate surface area is 175 Å². The molecule has 0 bridgehead atoms. The quantitative estimate of drug-likeness (QED) is 0.414. The number of benzene rings is 3. The SMILES string of the molecule is O=c1c2cnn(-c3ccccc3)c2nc(-c2ccc(Cl)cc2)n1-c1ccc(F)cc1. The Kier molecular flexibility index (Phi) is 4.41. The number of halogens is 2. The van der Waals surface area contributed by atoms with Gasteiger partial charge in [0, 0.05) is 10.6 Å². The van der Waals surface area contributed by atoms with Gasteiger partial charge in [-0.15, -0.1) is 0 Å².